The predicted molar refractivity (Wildman–Crippen MR) is 34.1 cm³/mol. The molecule has 1 heterocycles. The maximum atomic E-state index is 12.1. The smallest absolute Gasteiger partial charge is 0.388 e. The van der Waals surface area contributed by atoms with Gasteiger partial charge in [0.25, 0.3) is 0 Å². The molecule has 0 unspecified atom stereocenters. The van der Waals surface area contributed by atoms with Crippen LogP contribution in [0.2, 0.25) is 0 Å². The van der Waals surface area contributed by atoms with Crippen LogP contribution in [0, 0.1) is 0 Å². The molecule has 0 spiro atoms. The van der Waals surface area contributed by atoms with Gasteiger partial charge in [0.05, 0.1) is 6.20 Å². The molecule has 0 aliphatic heterocycles. The molecule has 0 bridgehead atoms. The lowest BCUT2D eigenvalue weighted by molar-refractivity contribution is -0.143. The second kappa shape index (κ2) is 2.78. The number of hydrogen-bond acceptors (Lipinski definition) is 2. The lowest BCUT2D eigenvalue weighted by Crippen LogP contribution is -2.12. The van der Waals surface area contributed by atoms with E-state index in [0.29, 0.717) is 6.20 Å². The summed E-state index contributed by atoms with van der Waals surface area (Å²) in [6, 6.07) is 0. The molecular formula is C6H7F3N2O. The van der Waals surface area contributed by atoms with Crippen molar-refractivity contribution in [1.82, 2.24) is 9.55 Å². The zero-order valence-electron chi connectivity index (χ0n) is 6.26. The number of aliphatic hydroxyl groups excluding tert-OH is 1. The van der Waals surface area contributed by atoms with Gasteiger partial charge in [-0.25, -0.2) is 4.98 Å². The van der Waals surface area contributed by atoms with Crippen LogP contribution in [0.4, 0.5) is 13.2 Å². The standard InChI is InChI=1S/C6H7F3N2O/c1-11-4(6(7,8)9)2-10-5(11)3-12/h2,12H,3H2,1H3. The highest BCUT2D eigenvalue weighted by Crippen LogP contribution is 2.28. The molecule has 0 saturated heterocycles. The Morgan fingerprint density at radius 2 is 2.17 bits per heavy atom. The van der Waals surface area contributed by atoms with E-state index >= 15 is 0 Å². The minimum atomic E-state index is -4.41. The first kappa shape index (κ1) is 9.05. The van der Waals surface area contributed by atoms with Gasteiger partial charge in [0.2, 0.25) is 0 Å². The van der Waals surface area contributed by atoms with E-state index in [0.717, 1.165) is 4.57 Å². The van der Waals surface area contributed by atoms with Crippen molar-refractivity contribution >= 4 is 0 Å². The van der Waals surface area contributed by atoms with Crippen LogP contribution < -0.4 is 0 Å². The maximum Gasteiger partial charge on any atom is 0.432 e. The fourth-order valence-electron chi connectivity index (χ4n) is 0.858. The van der Waals surface area contributed by atoms with Gasteiger partial charge in [-0.2, -0.15) is 13.2 Å². The molecular weight excluding hydrogens is 173 g/mol. The highest BCUT2D eigenvalue weighted by Gasteiger charge is 2.34. The molecule has 0 aliphatic rings. The third-order valence-corrected chi connectivity index (χ3v) is 1.52. The summed E-state index contributed by atoms with van der Waals surface area (Å²) >= 11 is 0. The van der Waals surface area contributed by atoms with E-state index in [4.69, 9.17) is 5.11 Å². The Balaban J connectivity index is 3.11. The van der Waals surface area contributed by atoms with Crippen LogP contribution in [-0.2, 0) is 19.8 Å². The summed E-state index contributed by atoms with van der Waals surface area (Å²) in [5.41, 5.74) is -0.855. The molecule has 0 atom stereocenters. The fraction of sp³-hybridized carbons (Fsp3) is 0.500. The van der Waals surface area contributed by atoms with Crippen LogP contribution in [0.3, 0.4) is 0 Å². The fourth-order valence-corrected chi connectivity index (χ4v) is 0.858. The molecule has 0 saturated carbocycles. The van der Waals surface area contributed by atoms with Crippen molar-refractivity contribution in [3.8, 4) is 0 Å². The average molecular weight is 180 g/mol. The number of aromatic nitrogens is 2. The van der Waals surface area contributed by atoms with Crippen molar-refractivity contribution in [3.63, 3.8) is 0 Å². The third-order valence-electron chi connectivity index (χ3n) is 1.52. The molecule has 3 nitrogen and oxygen atoms in total. The molecule has 1 aromatic heterocycles. The molecule has 0 aromatic carbocycles. The van der Waals surface area contributed by atoms with Gasteiger partial charge in [0.15, 0.2) is 0 Å². The predicted octanol–water partition coefficient (Wildman–Crippen LogP) is 0.931. The normalized spacial score (nSPS) is 12.1. The molecule has 0 fully saturated rings. The zero-order chi connectivity index (χ0) is 9.35. The summed E-state index contributed by atoms with van der Waals surface area (Å²) in [4.78, 5) is 3.39. The average Bonchev–Trinajstić information content (AvgIpc) is 2.29. The van der Waals surface area contributed by atoms with E-state index in [2.05, 4.69) is 4.98 Å². The van der Waals surface area contributed by atoms with E-state index < -0.39 is 18.5 Å². The lowest BCUT2D eigenvalue weighted by Gasteiger charge is -2.07. The van der Waals surface area contributed by atoms with Crippen molar-refractivity contribution in [1.29, 1.82) is 0 Å². The molecule has 6 heteroatoms. The van der Waals surface area contributed by atoms with Crippen LogP contribution in [0.1, 0.15) is 11.5 Å². The lowest BCUT2D eigenvalue weighted by atomic mass is 10.4. The number of alkyl halides is 3. The van der Waals surface area contributed by atoms with Crippen LogP contribution in [0.15, 0.2) is 6.20 Å². The molecule has 0 radical (unpaired) electrons. The Kier molecular flexibility index (Phi) is 2.10. The first-order valence-electron chi connectivity index (χ1n) is 3.15. The largest absolute Gasteiger partial charge is 0.432 e. The molecule has 68 valence electrons. The maximum absolute atomic E-state index is 12.1. The minimum absolute atomic E-state index is 0.00215. The SMILES string of the molecule is Cn1c(C(F)(F)F)cnc1CO. The second-order valence-corrected chi connectivity index (χ2v) is 2.27. The third kappa shape index (κ3) is 1.42. The van der Waals surface area contributed by atoms with Gasteiger partial charge in [-0.05, 0) is 0 Å². The Hall–Kier alpha value is -1.04. The van der Waals surface area contributed by atoms with E-state index in [-0.39, 0.29) is 5.82 Å². The van der Waals surface area contributed by atoms with Crippen molar-refractivity contribution in [2.45, 2.75) is 12.8 Å². The van der Waals surface area contributed by atoms with Gasteiger partial charge in [0.1, 0.15) is 18.1 Å². The van der Waals surface area contributed by atoms with Gasteiger partial charge in [-0.15, -0.1) is 0 Å². The van der Waals surface area contributed by atoms with E-state index in [1.165, 1.54) is 7.05 Å². The monoisotopic (exact) mass is 180 g/mol. The number of nitrogens with zero attached hydrogens (tertiary/aromatic N) is 2. The Morgan fingerprint density at radius 1 is 1.58 bits per heavy atom. The summed E-state index contributed by atoms with van der Waals surface area (Å²) in [6.45, 7) is -0.493. The van der Waals surface area contributed by atoms with Crippen molar-refractivity contribution < 1.29 is 18.3 Å². The molecule has 12 heavy (non-hydrogen) atoms. The number of halogens is 3. The quantitative estimate of drug-likeness (QED) is 0.698. The van der Waals surface area contributed by atoms with Crippen LogP contribution >= 0.6 is 0 Å². The van der Waals surface area contributed by atoms with Crippen LogP contribution in [-0.4, -0.2) is 14.7 Å². The Labute approximate surface area is 66.5 Å². The van der Waals surface area contributed by atoms with Gasteiger partial charge < -0.3 is 9.67 Å². The second-order valence-electron chi connectivity index (χ2n) is 2.27. The summed E-state index contributed by atoms with van der Waals surface area (Å²) in [7, 11) is 1.21. The Bertz CT molecular complexity index is 279. The van der Waals surface area contributed by atoms with Crippen molar-refractivity contribution in [2.24, 2.45) is 7.05 Å². The minimum Gasteiger partial charge on any atom is -0.388 e. The molecule has 0 amide bonds. The first-order valence-corrected chi connectivity index (χ1v) is 3.15. The van der Waals surface area contributed by atoms with Crippen molar-refractivity contribution in [2.75, 3.05) is 0 Å². The molecule has 1 rings (SSSR count). The zero-order valence-corrected chi connectivity index (χ0v) is 6.26. The summed E-state index contributed by atoms with van der Waals surface area (Å²) in [6.07, 6.45) is -3.71. The van der Waals surface area contributed by atoms with Gasteiger partial charge in [0, 0.05) is 7.05 Å². The summed E-state index contributed by atoms with van der Waals surface area (Å²) in [5, 5.41) is 8.55. The van der Waals surface area contributed by atoms with E-state index in [1.54, 1.807) is 0 Å². The van der Waals surface area contributed by atoms with E-state index in [1.807, 2.05) is 0 Å². The van der Waals surface area contributed by atoms with Crippen LogP contribution in [0.5, 0.6) is 0 Å². The number of hydrogen-bond donors (Lipinski definition) is 1. The summed E-state index contributed by atoms with van der Waals surface area (Å²) < 4.78 is 37.0. The van der Waals surface area contributed by atoms with Gasteiger partial charge in [-0.3, -0.25) is 0 Å². The van der Waals surface area contributed by atoms with Gasteiger partial charge in [-0.1, -0.05) is 0 Å². The number of imidazole rings is 1. The highest BCUT2D eigenvalue weighted by atomic mass is 19.4. The number of rotatable bonds is 1. The number of aliphatic hydroxyl groups is 1. The molecule has 1 aromatic rings. The Morgan fingerprint density at radius 3 is 2.42 bits per heavy atom. The first-order chi connectivity index (χ1) is 5.46. The highest BCUT2D eigenvalue weighted by molar-refractivity contribution is 5.07. The van der Waals surface area contributed by atoms with Crippen molar-refractivity contribution in [3.05, 3.63) is 17.7 Å². The van der Waals surface area contributed by atoms with Gasteiger partial charge >= 0.3 is 6.18 Å². The topological polar surface area (TPSA) is 38.0 Å². The molecule has 0 aliphatic carbocycles. The van der Waals surface area contributed by atoms with Crippen LogP contribution in [0.25, 0.3) is 0 Å². The summed E-state index contributed by atoms with van der Waals surface area (Å²) in [5.74, 6) is 0.00215. The molecule has 1 N–H and O–H groups in total. The van der Waals surface area contributed by atoms with E-state index in [9.17, 15) is 13.2 Å².